The van der Waals surface area contributed by atoms with Crippen LogP contribution in [0.2, 0.25) is 0 Å². The number of rotatable bonds is 4. The van der Waals surface area contributed by atoms with Gasteiger partial charge in [-0.3, -0.25) is 0 Å². The van der Waals surface area contributed by atoms with Crippen LogP contribution in [0.25, 0.3) is 22.0 Å². The minimum Gasteiger partial charge on any atom is -0.200 e. The van der Waals surface area contributed by atoms with E-state index in [-0.39, 0.29) is 0 Å². The maximum absolute atomic E-state index is 2.64. The van der Waals surface area contributed by atoms with Crippen molar-refractivity contribution in [3.05, 3.63) is 64.8 Å². The van der Waals surface area contributed by atoms with Crippen molar-refractivity contribution in [2.24, 2.45) is 7.05 Å². The van der Waals surface area contributed by atoms with Gasteiger partial charge in [-0.2, -0.15) is 0 Å². The Morgan fingerprint density at radius 3 is 1.97 bits per heavy atom. The van der Waals surface area contributed by atoms with Crippen LogP contribution in [0.3, 0.4) is 0 Å². The second-order valence-corrected chi connectivity index (χ2v) is 11.7. The van der Waals surface area contributed by atoms with Gasteiger partial charge in [-0.15, -0.1) is 0 Å². The van der Waals surface area contributed by atoms with Crippen molar-refractivity contribution >= 4 is 10.8 Å². The third kappa shape index (κ3) is 4.10. The van der Waals surface area contributed by atoms with Gasteiger partial charge in [0.25, 0.3) is 0 Å². The van der Waals surface area contributed by atoms with E-state index in [0.29, 0.717) is 0 Å². The molecule has 34 heavy (non-hydrogen) atoms. The highest BCUT2D eigenvalue weighted by Crippen LogP contribution is 2.44. The third-order valence-corrected chi connectivity index (χ3v) is 9.58. The first kappa shape index (κ1) is 22.3. The van der Waals surface area contributed by atoms with Crippen LogP contribution in [0.4, 0.5) is 0 Å². The SMILES string of the molecule is Cc1c(-c2c3ccc(C4CCCCC4)cc3cc[n+]2C)cc(C2CCCC2)cc1C1CCCC1. The first-order valence-electron chi connectivity index (χ1n) is 14.3. The second-order valence-electron chi connectivity index (χ2n) is 11.7. The molecule has 3 aromatic rings. The average molecular weight is 453 g/mol. The topological polar surface area (TPSA) is 3.88 Å². The molecule has 1 aromatic heterocycles. The maximum Gasteiger partial charge on any atom is 0.220 e. The molecule has 0 amide bonds. The van der Waals surface area contributed by atoms with Crippen molar-refractivity contribution in [2.75, 3.05) is 0 Å². The summed E-state index contributed by atoms with van der Waals surface area (Å²) in [6, 6.07) is 15.0. The largest absolute Gasteiger partial charge is 0.220 e. The predicted octanol–water partition coefficient (Wildman–Crippen LogP) is 9.00. The van der Waals surface area contributed by atoms with Gasteiger partial charge in [-0.05, 0) is 103 Å². The standard InChI is InChI=1S/C33H42N/c1-23-31(26-14-8-9-15-26)21-29(25-12-6-7-13-25)22-32(23)33-30-17-16-27(24-10-4-3-5-11-24)20-28(30)18-19-34(33)2/h16-22,24-26H,3-15H2,1-2H3/q+1. The summed E-state index contributed by atoms with van der Waals surface area (Å²) in [5.41, 5.74) is 9.29. The van der Waals surface area contributed by atoms with E-state index in [4.69, 9.17) is 0 Å². The van der Waals surface area contributed by atoms with Crippen LogP contribution in [0.1, 0.15) is 123 Å². The van der Waals surface area contributed by atoms with Gasteiger partial charge in [0.2, 0.25) is 5.69 Å². The van der Waals surface area contributed by atoms with Crippen molar-refractivity contribution in [1.82, 2.24) is 0 Å². The molecule has 0 N–H and O–H groups in total. The Bertz CT molecular complexity index is 1170. The molecule has 3 aliphatic carbocycles. The number of pyridine rings is 1. The van der Waals surface area contributed by atoms with E-state index in [0.717, 1.165) is 17.8 Å². The number of aryl methyl sites for hydroxylation is 1. The molecule has 0 aliphatic heterocycles. The van der Waals surface area contributed by atoms with Crippen LogP contribution in [-0.4, -0.2) is 0 Å². The lowest BCUT2D eigenvalue weighted by molar-refractivity contribution is -0.659. The van der Waals surface area contributed by atoms with Crippen molar-refractivity contribution in [3.63, 3.8) is 0 Å². The molecule has 3 saturated carbocycles. The zero-order valence-electron chi connectivity index (χ0n) is 21.4. The molecule has 0 spiro atoms. The lowest BCUT2D eigenvalue weighted by Crippen LogP contribution is -2.31. The molecule has 6 rings (SSSR count). The Labute approximate surface area is 206 Å². The van der Waals surface area contributed by atoms with Crippen LogP contribution in [-0.2, 0) is 7.05 Å². The van der Waals surface area contributed by atoms with Crippen molar-refractivity contribution < 1.29 is 4.57 Å². The summed E-state index contributed by atoms with van der Waals surface area (Å²) >= 11 is 0. The fourth-order valence-electron chi connectivity index (χ4n) is 7.58. The van der Waals surface area contributed by atoms with Crippen LogP contribution in [0.15, 0.2) is 42.6 Å². The minimum atomic E-state index is 0.761. The van der Waals surface area contributed by atoms with E-state index < -0.39 is 0 Å². The number of hydrogen-bond donors (Lipinski definition) is 0. The molecule has 1 heteroatoms. The molecule has 178 valence electrons. The number of hydrogen-bond acceptors (Lipinski definition) is 0. The lowest BCUT2D eigenvalue weighted by Gasteiger charge is -2.23. The van der Waals surface area contributed by atoms with Gasteiger partial charge in [0.05, 0.1) is 10.9 Å². The number of nitrogens with zero attached hydrogens (tertiary/aromatic N) is 1. The monoisotopic (exact) mass is 452 g/mol. The average Bonchev–Trinajstić information content (AvgIpc) is 3.60. The molecule has 1 nitrogen and oxygen atoms in total. The molecule has 3 fully saturated rings. The highest BCUT2D eigenvalue weighted by Gasteiger charge is 2.27. The van der Waals surface area contributed by atoms with E-state index in [1.54, 1.807) is 16.7 Å². The van der Waals surface area contributed by atoms with E-state index in [1.165, 1.54) is 111 Å². The van der Waals surface area contributed by atoms with Gasteiger partial charge in [0, 0.05) is 6.07 Å². The predicted molar refractivity (Wildman–Crippen MR) is 144 cm³/mol. The van der Waals surface area contributed by atoms with Crippen LogP contribution in [0.5, 0.6) is 0 Å². The summed E-state index contributed by atoms with van der Waals surface area (Å²) in [6.07, 6.45) is 20.4. The molecule has 3 aliphatic rings. The maximum atomic E-state index is 2.64. The summed E-state index contributed by atoms with van der Waals surface area (Å²) in [6.45, 7) is 2.41. The second kappa shape index (κ2) is 9.48. The Kier molecular flexibility index (Phi) is 6.22. The highest BCUT2D eigenvalue weighted by molar-refractivity contribution is 5.94. The van der Waals surface area contributed by atoms with Gasteiger partial charge in [-0.1, -0.05) is 63.1 Å². The Balaban J connectivity index is 1.50. The lowest BCUT2D eigenvalue weighted by atomic mass is 9.82. The Morgan fingerprint density at radius 1 is 0.647 bits per heavy atom. The molecule has 1 heterocycles. The fourth-order valence-corrected chi connectivity index (χ4v) is 7.58. The van der Waals surface area contributed by atoms with E-state index in [1.807, 2.05) is 0 Å². The van der Waals surface area contributed by atoms with Gasteiger partial charge in [0.1, 0.15) is 7.05 Å². The quantitative estimate of drug-likeness (QED) is 0.348. The fraction of sp³-hybridized carbons (Fsp3) is 0.545. The van der Waals surface area contributed by atoms with Crippen LogP contribution < -0.4 is 4.57 Å². The smallest absolute Gasteiger partial charge is 0.200 e. The first-order valence-corrected chi connectivity index (χ1v) is 14.3. The molecular weight excluding hydrogens is 410 g/mol. The van der Waals surface area contributed by atoms with E-state index >= 15 is 0 Å². The van der Waals surface area contributed by atoms with Crippen LogP contribution >= 0.6 is 0 Å². The molecule has 0 saturated heterocycles. The zero-order valence-corrected chi connectivity index (χ0v) is 21.4. The number of fused-ring (bicyclic) bond motifs is 1. The third-order valence-electron chi connectivity index (χ3n) is 9.58. The normalized spacial score (nSPS) is 20.5. The Morgan fingerprint density at radius 2 is 1.26 bits per heavy atom. The molecule has 0 atom stereocenters. The number of benzene rings is 2. The molecule has 2 aromatic carbocycles. The minimum absolute atomic E-state index is 0.761. The Hall–Kier alpha value is -2.15. The van der Waals surface area contributed by atoms with Gasteiger partial charge >= 0.3 is 0 Å². The molecular formula is C33H42N+. The first-order chi connectivity index (χ1) is 16.7. The van der Waals surface area contributed by atoms with Crippen LogP contribution in [0, 0.1) is 6.92 Å². The summed E-state index contributed by atoms with van der Waals surface area (Å²) < 4.78 is 2.39. The van der Waals surface area contributed by atoms with Crippen molar-refractivity contribution in [3.8, 4) is 11.3 Å². The molecule has 0 radical (unpaired) electrons. The van der Waals surface area contributed by atoms with Gasteiger partial charge in [-0.25, -0.2) is 4.57 Å². The van der Waals surface area contributed by atoms with Crippen molar-refractivity contribution in [1.29, 1.82) is 0 Å². The highest BCUT2D eigenvalue weighted by atomic mass is 14.9. The molecule has 0 unspecified atom stereocenters. The van der Waals surface area contributed by atoms with Gasteiger partial charge in [0.15, 0.2) is 6.20 Å². The van der Waals surface area contributed by atoms with E-state index in [2.05, 4.69) is 61.1 Å². The molecule has 0 bridgehead atoms. The number of aromatic nitrogens is 1. The van der Waals surface area contributed by atoms with E-state index in [9.17, 15) is 0 Å². The summed E-state index contributed by atoms with van der Waals surface area (Å²) in [5, 5.41) is 2.85. The zero-order chi connectivity index (χ0) is 23.1. The summed E-state index contributed by atoms with van der Waals surface area (Å²) in [7, 11) is 2.25. The summed E-state index contributed by atoms with van der Waals surface area (Å²) in [4.78, 5) is 0. The van der Waals surface area contributed by atoms with Gasteiger partial charge < -0.3 is 0 Å². The summed E-state index contributed by atoms with van der Waals surface area (Å²) in [5.74, 6) is 2.29. The van der Waals surface area contributed by atoms with Crippen molar-refractivity contribution in [2.45, 2.75) is 108 Å².